The lowest BCUT2D eigenvalue weighted by molar-refractivity contribution is 0.0987. The Bertz CT molecular complexity index is 2560. The van der Waals surface area contributed by atoms with Crippen molar-refractivity contribution in [3.8, 4) is 0 Å². The maximum absolute atomic E-state index is 15.4. The molecule has 3 aromatic carbocycles. The average molecular weight is 774 g/mol. The minimum Gasteiger partial charge on any atom is -0.308 e. The van der Waals surface area contributed by atoms with Crippen LogP contribution in [-0.2, 0) is 6.54 Å². The third kappa shape index (κ3) is 9.63. The quantitative estimate of drug-likeness (QED) is 0.0569. The Hall–Kier alpha value is -5.43. The van der Waals surface area contributed by atoms with Crippen LogP contribution in [0.2, 0.25) is 0 Å². The van der Waals surface area contributed by atoms with Gasteiger partial charge in [0.2, 0.25) is 0 Å². The topological polar surface area (TPSA) is 81.0 Å². The first kappa shape index (κ1) is 40.8. The number of amides is 1. The summed E-state index contributed by atoms with van der Waals surface area (Å²) in [6.45, 7) is 5.54. The summed E-state index contributed by atoms with van der Waals surface area (Å²) in [7, 11) is 0. The number of aryl methyl sites for hydroxylation is 1. The van der Waals surface area contributed by atoms with Gasteiger partial charge in [-0.25, -0.2) is 15.0 Å². The first-order chi connectivity index (χ1) is 28.6. The van der Waals surface area contributed by atoms with Gasteiger partial charge in [-0.2, -0.15) is 0 Å². The van der Waals surface area contributed by atoms with Gasteiger partial charge < -0.3 is 9.47 Å². The van der Waals surface area contributed by atoms with Crippen molar-refractivity contribution in [2.45, 2.75) is 123 Å². The first-order valence-corrected chi connectivity index (χ1v) is 22.1. The minimum atomic E-state index is -0.292. The van der Waals surface area contributed by atoms with E-state index in [0.717, 1.165) is 82.4 Å². The normalized spacial score (nSPS) is 11.6. The fourth-order valence-electron chi connectivity index (χ4n) is 8.29. The third-order valence-electron chi connectivity index (χ3n) is 11.6. The predicted octanol–water partition coefficient (Wildman–Crippen LogP) is 13.3. The molecule has 6 bridgehead atoms. The van der Waals surface area contributed by atoms with Crippen LogP contribution in [0.4, 0.5) is 5.69 Å². The van der Waals surface area contributed by atoms with Gasteiger partial charge in [0.25, 0.3) is 11.5 Å². The van der Waals surface area contributed by atoms with Gasteiger partial charge in [0.1, 0.15) is 5.52 Å². The molecule has 4 heterocycles. The Balaban J connectivity index is 1.39. The Kier molecular flexibility index (Phi) is 14.3. The number of para-hydroxylation sites is 2. The smallest absolute Gasteiger partial charge is 0.277 e. The van der Waals surface area contributed by atoms with E-state index >= 15 is 9.59 Å². The lowest BCUT2D eigenvalue weighted by Crippen LogP contribution is -2.33. The molecule has 0 spiro atoms. The molecule has 0 fully saturated rings. The number of carbonyl (C=O) groups is 1. The van der Waals surface area contributed by atoms with Gasteiger partial charge in [-0.1, -0.05) is 164 Å². The molecule has 7 aromatic rings. The van der Waals surface area contributed by atoms with Crippen molar-refractivity contribution < 1.29 is 4.79 Å². The molecule has 4 aromatic heterocycles. The summed E-state index contributed by atoms with van der Waals surface area (Å²) in [4.78, 5) is 47.7. The molecule has 7 nitrogen and oxygen atoms in total. The first-order valence-electron chi connectivity index (χ1n) is 22.1. The van der Waals surface area contributed by atoms with Crippen molar-refractivity contribution >= 4 is 66.4 Å². The van der Waals surface area contributed by atoms with Gasteiger partial charge in [0.15, 0.2) is 0 Å². The molecule has 0 unspecified atom stereocenters. The lowest BCUT2D eigenvalue weighted by Gasteiger charge is -2.23. The van der Waals surface area contributed by atoms with Gasteiger partial charge in [-0.15, -0.1) is 0 Å². The Labute approximate surface area is 343 Å². The van der Waals surface area contributed by atoms with E-state index in [9.17, 15) is 0 Å². The van der Waals surface area contributed by atoms with E-state index in [2.05, 4.69) is 32.0 Å². The van der Waals surface area contributed by atoms with Crippen LogP contribution < -0.4 is 10.5 Å². The van der Waals surface area contributed by atoms with Crippen molar-refractivity contribution in [1.29, 1.82) is 0 Å². The second-order valence-corrected chi connectivity index (χ2v) is 15.9. The Morgan fingerprint density at radius 2 is 1.02 bits per heavy atom. The molecule has 0 saturated carbocycles. The molecule has 1 amide bonds. The highest BCUT2D eigenvalue weighted by Gasteiger charge is 2.22. The zero-order valence-corrected chi connectivity index (χ0v) is 34.6. The van der Waals surface area contributed by atoms with Crippen LogP contribution in [0.5, 0.6) is 0 Å². The van der Waals surface area contributed by atoms with Crippen LogP contribution in [0, 0.1) is 0 Å². The summed E-state index contributed by atoms with van der Waals surface area (Å²) in [6, 6.07) is 33.8. The number of anilines is 1. The van der Waals surface area contributed by atoms with Crippen molar-refractivity contribution in [3.05, 3.63) is 119 Å². The molecule has 0 N–H and O–H groups in total. The summed E-state index contributed by atoms with van der Waals surface area (Å²) in [5, 5.41) is 2.82. The predicted molar refractivity (Wildman–Crippen MR) is 244 cm³/mol. The second kappa shape index (κ2) is 20.3. The highest BCUT2D eigenvalue weighted by molar-refractivity contribution is 6.11. The van der Waals surface area contributed by atoms with E-state index < -0.39 is 0 Å². The molecule has 0 aliphatic rings. The standard InChI is InChI=1S/C51H59N5O2/c1-3-5-7-9-11-13-15-22-36-55(40-24-18-17-19-25-40)50(57)42-32-35-45-44-34-31-39-29-28-38-30-33-43(52-47(38)48(39)53-44)41-26-20-21-27-46(41)56(51(58)49(42)54-45)37-23-16-14-12-10-8-6-4-2/h17-21,24-35H,3-16,22-23,36-37H2,1-2H3. The van der Waals surface area contributed by atoms with Crippen molar-refractivity contribution in [2.75, 3.05) is 11.4 Å². The van der Waals surface area contributed by atoms with Gasteiger partial charge in [0, 0.05) is 34.9 Å². The maximum atomic E-state index is 15.4. The number of carbonyl (C=O) groups excluding carboxylic acids is 1. The van der Waals surface area contributed by atoms with Crippen LogP contribution >= 0.6 is 0 Å². The highest BCUT2D eigenvalue weighted by atomic mass is 16.2. The van der Waals surface area contributed by atoms with E-state index in [1.54, 1.807) is 6.07 Å². The highest BCUT2D eigenvalue weighted by Crippen LogP contribution is 2.28. The summed E-state index contributed by atoms with van der Waals surface area (Å²) >= 11 is 0. The zero-order chi connectivity index (χ0) is 40.1. The number of fused-ring (bicyclic) bond motifs is 7. The van der Waals surface area contributed by atoms with E-state index in [1.165, 1.54) is 64.2 Å². The summed E-state index contributed by atoms with van der Waals surface area (Å²) in [5.74, 6) is -0.220. The molecular formula is C51H59N5O2. The molecule has 0 saturated heterocycles. The molecular weight excluding hydrogens is 715 g/mol. The van der Waals surface area contributed by atoms with Crippen molar-refractivity contribution in [1.82, 2.24) is 19.5 Å². The SMILES string of the molecule is CCCCCCCCCCN(C(=O)c1ccc2nc1c(=O)n(CCCCCCCCCC)c1ccccc1c1ccc3ccc4ccc2nc4c3n1)c1ccccc1. The fraction of sp³-hybridized carbons (Fsp3) is 0.392. The van der Waals surface area contributed by atoms with Crippen molar-refractivity contribution in [2.24, 2.45) is 0 Å². The average Bonchev–Trinajstić information content (AvgIpc) is 3.27. The van der Waals surface area contributed by atoms with Crippen LogP contribution in [0.1, 0.15) is 127 Å². The summed E-state index contributed by atoms with van der Waals surface area (Å²) < 4.78 is 1.86. The maximum Gasteiger partial charge on any atom is 0.277 e. The van der Waals surface area contributed by atoms with E-state index in [0.29, 0.717) is 29.7 Å². The van der Waals surface area contributed by atoms with Crippen LogP contribution in [-0.4, -0.2) is 32.0 Å². The summed E-state index contributed by atoms with van der Waals surface area (Å²) in [6.07, 6.45) is 18.6. The number of hydrogen-bond acceptors (Lipinski definition) is 5. The Morgan fingerprint density at radius 3 is 1.67 bits per heavy atom. The molecule has 0 aliphatic heterocycles. The second-order valence-electron chi connectivity index (χ2n) is 15.9. The van der Waals surface area contributed by atoms with E-state index in [4.69, 9.17) is 15.0 Å². The number of unbranched alkanes of at least 4 members (excludes halogenated alkanes) is 14. The monoisotopic (exact) mass is 773 g/mol. The zero-order valence-electron chi connectivity index (χ0n) is 34.6. The van der Waals surface area contributed by atoms with Crippen LogP contribution in [0.25, 0.3) is 54.8 Å². The Morgan fingerprint density at radius 1 is 0.517 bits per heavy atom. The number of benzene rings is 3. The molecule has 58 heavy (non-hydrogen) atoms. The van der Waals surface area contributed by atoms with E-state index in [1.807, 2.05) is 88.3 Å². The number of pyridine rings is 3. The molecule has 7 heteroatoms. The number of hydrogen-bond donors (Lipinski definition) is 0. The minimum absolute atomic E-state index is 0.146. The van der Waals surface area contributed by atoms with Crippen LogP contribution in [0.15, 0.2) is 108 Å². The number of aromatic nitrogens is 4. The third-order valence-corrected chi connectivity index (χ3v) is 11.6. The van der Waals surface area contributed by atoms with Gasteiger partial charge in [-0.05, 0) is 55.3 Å². The molecule has 7 rings (SSSR count). The van der Waals surface area contributed by atoms with Crippen LogP contribution in [0.3, 0.4) is 0 Å². The van der Waals surface area contributed by atoms with Crippen molar-refractivity contribution in [3.63, 3.8) is 0 Å². The van der Waals surface area contributed by atoms with Gasteiger partial charge >= 0.3 is 0 Å². The molecule has 300 valence electrons. The summed E-state index contributed by atoms with van der Waals surface area (Å²) in [5.41, 5.74) is 5.26. The van der Waals surface area contributed by atoms with Gasteiger partial charge in [0.05, 0.1) is 38.7 Å². The molecule has 0 aliphatic carbocycles. The van der Waals surface area contributed by atoms with E-state index in [-0.39, 0.29) is 17.0 Å². The molecule has 0 radical (unpaired) electrons. The number of rotatable bonds is 20. The molecule has 0 atom stereocenters. The van der Waals surface area contributed by atoms with Gasteiger partial charge in [-0.3, -0.25) is 9.59 Å². The lowest BCUT2D eigenvalue weighted by atomic mass is 10.1. The largest absolute Gasteiger partial charge is 0.308 e. The fourth-order valence-corrected chi connectivity index (χ4v) is 8.29. The number of nitrogens with zero attached hydrogens (tertiary/aromatic N) is 5.